The molecule has 1 aliphatic heterocycles. The second kappa shape index (κ2) is 7.67. The Labute approximate surface area is 151 Å². The van der Waals surface area contributed by atoms with Gasteiger partial charge in [-0.15, -0.1) is 0 Å². The quantitative estimate of drug-likeness (QED) is 0.645. The van der Waals surface area contributed by atoms with Gasteiger partial charge in [-0.2, -0.15) is 27.1 Å². The molecule has 0 N–H and O–H groups in total. The molecule has 2 heterocycles. The molecule has 4 nitrogen and oxygen atoms in total. The second-order valence-electron chi connectivity index (χ2n) is 6.62. The van der Waals surface area contributed by atoms with Crippen molar-refractivity contribution >= 4 is 5.91 Å². The van der Waals surface area contributed by atoms with E-state index >= 15 is 0 Å². The van der Waals surface area contributed by atoms with Gasteiger partial charge in [-0.05, 0) is 19.3 Å². The molecule has 1 aliphatic rings. The van der Waals surface area contributed by atoms with Crippen molar-refractivity contribution in [3.63, 3.8) is 0 Å². The average molecular weight is 403 g/mol. The van der Waals surface area contributed by atoms with Gasteiger partial charge in [0.05, 0.1) is 5.56 Å². The number of nitrogens with zero attached hydrogens (tertiary/aromatic N) is 3. The Morgan fingerprint density at radius 3 is 2.41 bits per heavy atom. The van der Waals surface area contributed by atoms with Crippen molar-refractivity contribution in [2.45, 2.75) is 69.6 Å². The van der Waals surface area contributed by atoms with Gasteiger partial charge in [0, 0.05) is 19.3 Å². The summed E-state index contributed by atoms with van der Waals surface area (Å²) in [5, 5.41) is 3.44. The SMILES string of the molecule is CCCCC1CCC(C(F)(F)C(F)(F)F)N1C(=O)c1cn(C)nc1C(F)F. The fourth-order valence-electron chi connectivity index (χ4n) is 3.43. The number of unbranched alkanes of at least 4 members (excludes halogenated alkanes) is 1. The van der Waals surface area contributed by atoms with Gasteiger partial charge < -0.3 is 4.90 Å². The van der Waals surface area contributed by atoms with Gasteiger partial charge >= 0.3 is 12.1 Å². The predicted octanol–water partition coefficient (Wildman–Crippen LogP) is 4.72. The normalized spacial score (nSPS) is 21.3. The molecular weight excluding hydrogens is 383 g/mol. The molecule has 2 unspecified atom stereocenters. The fourth-order valence-corrected chi connectivity index (χ4v) is 3.43. The summed E-state index contributed by atoms with van der Waals surface area (Å²) < 4.78 is 93.9. The van der Waals surface area contributed by atoms with E-state index < -0.39 is 54.2 Å². The van der Waals surface area contributed by atoms with E-state index in [2.05, 4.69) is 5.10 Å². The molecular formula is C16H20F7N3O. The number of carbonyl (C=O) groups is 1. The molecule has 11 heteroatoms. The topological polar surface area (TPSA) is 38.1 Å². The van der Waals surface area contributed by atoms with E-state index in [9.17, 15) is 35.5 Å². The van der Waals surface area contributed by atoms with Gasteiger partial charge in [0.25, 0.3) is 12.3 Å². The van der Waals surface area contributed by atoms with Crippen molar-refractivity contribution < 1.29 is 35.5 Å². The Morgan fingerprint density at radius 1 is 1.26 bits per heavy atom. The Hall–Kier alpha value is -1.81. The van der Waals surface area contributed by atoms with Crippen molar-refractivity contribution in [3.8, 4) is 0 Å². The number of aryl methyl sites for hydroxylation is 1. The van der Waals surface area contributed by atoms with E-state index in [0.717, 1.165) is 10.9 Å². The van der Waals surface area contributed by atoms with E-state index in [4.69, 9.17) is 0 Å². The highest BCUT2D eigenvalue weighted by Crippen LogP contribution is 2.46. The molecule has 0 radical (unpaired) electrons. The third kappa shape index (κ3) is 4.06. The number of aromatic nitrogens is 2. The summed E-state index contributed by atoms with van der Waals surface area (Å²) in [5.74, 6) is -6.41. The van der Waals surface area contributed by atoms with Crippen LogP contribution in [-0.2, 0) is 7.05 Å². The first-order valence-electron chi connectivity index (χ1n) is 8.50. The van der Waals surface area contributed by atoms with Crippen LogP contribution in [0.4, 0.5) is 30.7 Å². The van der Waals surface area contributed by atoms with Gasteiger partial charge in [0.15, 0.2) is 0 Å². The Kier molecular flexibility index (Phi) is 6.10. The molecule has 0 saturated carbocycles. The summed E-state index contributed by atoms with van der Waals surface area (Å²) in [7, 11) is 1.25. The monoisotopic (exact) mass is 403 g/mol. The van der Waals surface area contributed by atoms with Crippen LogP contribution in [0.15, 0.2) is 6.20 Å². The van der Waals surface area contributed by atoms with Gasteiger partial charge in [0.1, 0.15) is 11.7 Å². The first-order valence-corrected chi connectivity index (χ1v) is 8.50. The Balaban J connectivity index is 2.46. The van der Waals surface area contributed by atoms with Crippen LogP contribution in [0.1, 0.15) is 61.5 Å². The first-order chi connectivity index (χ1) is 12.4. The predicted molar refractivity (Wildman–Crippen MR) is 81.7 cm³/mol. The summed E-state index contributed by atoms with van der Waals surface area (Å²) in [6.45, 7) is 1.80. The van der Waals surface area contributed by atoms with Crippen LogP contribution in [0.3, 0.4) is 0 Å². The van der Waals surface area contributed by atoms with Crippen molar-refractivity contribution in [2.24, 2.45) is 7.05 Å². The molecule has 1 aromatic rings. The molecule has 0 bridgehead atoms. The van der Waals surface area contributed by atoms with Crippen molar-refractivity contribution in [1.82, 2.24) is 14.7 Å². The molecule has 0 aliphatic carbocycles. The van der Waals surface area contributed by atoms with E-state index in [1.165, 1.54) is 7.05 Å². The van der Waals surface area contributed by atoms with Crippen LogP contribution in [0.5, 0.6) is 0 Å². The Morgan fingerprint density at radius 2 is 1.89 bits per heavy atom. The van der Waals surface area contributed by atoms with Gasteiger partial charge in [-0.25, -0.2) is 8.78 Å². The van der Waals surface area contributed by atoms with Crippen LogP contribution >= 0.6 is 0 Å². The molecule has 0 spiro atoms. The summed E-state index contributed by atoms with van der Waals surface area (Å²) >= 11 is 0. The highest BCUT2D eigenvalue weighted by atomic mass is 19.4. The van der Waals surface area contributed by atoms with Crippen molar-refractivity contribution in [3.05, 3.63) is 17.5 Å². The van der Waals surface area contributed by atoms with Crippen LogP contribution in [0.2, 0.25) is 0 Å². The maximum Gasteiger partial charge on any atom is 0.455 e. The molecule has 1 saturated heterocycles. The smallest absolute Gasteiger partial charge is 0.326 e. The minimum absolute atomic E-state index is 0.0493. The Bertz CT molecular complexity index is 671. The lowest BCUT2D eigenvalue weighted by atomic mass is 10.1. The van der Waals surface area contributed by atoms with Crippen LogP contribution in [0, 0.1) is 0 Å². The number of carbonyl (C=O) groups excluding carboxylic acids is 1. The zero-order valence-electron chi connectivity index (χ0n) is 14.7. The third-order valence-corrected chi connectivity index (χ3v) is 4.72. The first kappa shape index (κ1) is 21.5. The summed E-state index contributed by atoms with van der Waals surface area (Å²) in [6, 6.07) is -3.31. The van der Waals surface area contributed by atoms with Crippen LogP contribution in [-0.4, -0.2) is 44.8 Å². The molecule has 27 heavy (non-hydrogen) atoms. The van der Waals surface area contributed by atoms with E-state index in [-0.39, 0.29) is 12.8 Å². The van der Waals surface area contributed by atoms with E-state index in [1.54, 1.807) is 6.92 Å². The van der Waals surface area contributed by atoms with Crippen molar-refractivity contribution in [2.75, 3.05) is 0 Å². The fraction of sp³-hybridized carbons (Fsp3) is 0.750. The minimum atomic E-state index is -5.85. The lowest BCUT2D eigenvalue weighted by Crippen LogP contribution is -2.56. The number of hydrogen-bond donors (Lipinski definition) is 0. The highest BCUT2D eigenvalue weighted by Gasteiger charge is 2.66. The molecule has 2 atom stereocenters. The van der Waals surface area contributed by atoms with Crippen LogP contribution < -0.4 is 0 Å². The second-order valence-corrected chi connectivity index (χ2v) is 6.62. The molecule has 1 aromatic heterocycles. The number of likely N-dealkylation sites (tertiary alicyclic amines) is 1. The lowest BCUT2D eigenvalue weighted by Gasteiger charge is -2.35. The highest BCUT2D eigenvalue weighted by molar-refractivity contribution is 5.96. The number of hydrogen-bond acceptors (Lipinski definition) is 2. The van der Waals surface area contributed by atoms with Crippen LogP contribution in [0.25, 0.3) is 0 Å². The lowest BCUT2D eigenvalue weighted by molar-refractivity contribution is -0.298. The van der Waals surface area contributed by atoms with Crippen molar-refractivity contribution in [1.29, 1.82) is 0 Å². The maximum absolute atomic E-state index is 14.0. The average Bonchev–Trinajstić information content (AvgIpc) is 3.15. The minimum Gasteiger partial charge on any atom is -0.326 e. The van der Waals surface area contributed by atoms with E-state index in [1.807, 2.05) is 0 Å². The third-order valence-electron chi connectivity index (χ3n) is 4.72. The zero-order valence-corrected chi connectivity index (χ0v) is 14.7. The zero-order chi connectivity index (χ0) is 20.6. The molecule has 154 valence electrons. The van der Waals surface area contributed by atoms with Gasteiger partial charge in [0.2, 0.25) is 0 Å². The maximum atomic E-state index is 14.0. The standard InChI is InChI=1S/C16H20F7N3O/c1-3-4-5-9-6-7-11(15(19,20)16(21,22)23)26(9)14(27)10-8-25(2)24-12(10)13(17)18/h8-9,11,13H,3-7H2,1-2H3. The summed E-state index contributed by atoms with van der Waals surface area (Å²) in [5.41, 5.74) is -1.59. The largest absolute Gasteiger partial charge is 0.455 e. The molecule has 2 rings (SSSR count). The molecule has 1 fully saturated rings. The van der Waals surface area contributed by atoms with E-state index in [0.29, 0.717) is 17.7 Å². The number of halogens is 7. The van der Waals surface area contributed by atoms with Gasteiger partial charge in [-0.1, -0.05) is 19.8 Å². The summed E-state index contributed by atoms with van der Waals surface area (Å²) in [6.07, 6.45) is -7.33. The number of alkyl halides is 7. The van der Waals surface area contributed by atoms with Gasteiger partial charge in [-0.3, -0.25) is 9.48 Å². The number of amides is 1. The summed E-state index contributed by atoms with van der Waals surface area (Å²) in [4.78, 5) is 13.2. The molecule has 0 aromatic carbocycles. The molecule has 1 amide bonds. The number of rotatable bonds is 6.